The van der Waals surface area contributed by atoms with Crippen molar-refractivity contribution in [1.29, 1.82) is 0 Å². The predicted molar refractivity (Wildman–Crippen MR) is 140 cm³/mol. The van der Waals surface area contributed by atoms with Gasteiger partial charge in [-0.3, -0.25) is 4.79 Å². The molecule has 4 rings (SSSR count). The molecule has 0 atom stereocenters. The summed E-state index contributed by atoms with van der Waals surface area (Å²) in [7, 11) is 4.81. The van der Waals surface area contributed by atoms with E-state index in [1.807, 2.05) is 69.3 Å². The number of anilines is 1. The van der Waals surface area contributed by atoms with Crippen LogP contribution in [0, 0.1) is 13.8 Å². The highest BCUT2D eigenvalue weighted by Crippen LogP contribution is 2.39. The highest BCUT2D eigenvalue weighted by Gasteiger charge is 2.16. The number of nitrogens with one attached hydrogen (secondary N) is 1. The van der Waals surface area contributed by atoms with E-state index in [-0.39, 0.29) is 5.91 Å². The number of ether oxygens (including phenoxy) is 3. The molecule has 0 aliphatic carbocycles. The first-order valence-electron chi connectivity index (χ1n) is 11.2. The number of benzene rings is 3. The van der Waals surface area contributed by atoms with Crippen molar-refractivity contribution in [3.8, 4) is 28.4 Å². The summed E-state index contributed by atoms with van der Waals surface area (Å²) in [4.78, 5) is 12.8. The minimum Gasteiger partial charge on any atom is -0.496 e. The Hall–Kier alpha value is -4.19. The van der Waals surface area contributed by atoms with Gasteiger partial charge in [0.05, 0.1) is 27.6 Å². The molecule has 0 aliphatic rings. The van der Waals surface area contributed by atoms with E-state index in [2.05, 4.69) is 5.32 Å². The number of allylic oxidation sites excluding steroid dienone is 1. The topological polar surface area (TPSA) is 69.9 Å². The molecule has 0 bridgehead atoms. The van der Waals surface area contributed by atoms with Crippen LogP contribution in [0.25, 0.3) is 27.7 Å². The molecule has 0 radical (unpaired) electrons. The van der Waals surface area contributed by atoms with E-state index in [1.165, 1.54) is 5.56 Å². The molecule has 1 amide bonds. The SMILES string of the molecule is COc1ccc(-c2coc3cc(OC)c(/C(C)=C/C(=O)Nc4ccc(C)c(C)c4)cc23)cc1OC. The molecule has 0 saturated heterocycles. The Morgan fingerprint density at radius 1 is 0.857 bits per heavy atom. The van der Waals surface area contributed by atoms with Crippen molar-refractivity contribution in [3.05, 3.63) is 77.6 Å². The normalized spacial score (nSPS) is 11.4. The van der Waals surface area contributed by atoms with Crippen LogP contribution < -0.4 is 19.5 Å². The number of hydrogen-bond donors (Lipinski definition) is 1. The zero-order valence-electron chi connectivity index (χ0n) is 20.8. The summed E-state index contributed by atoms with van der Waals surface area (Å²) >= 11 is 0. The summed E-state index contributed by atoms with van der Waals surface area (Å²) in [6.45, 7) is 5.95. The predicted octanol–water partition coefficient (Wildman–Crippen LogP) is 6.78. The van der Waals surface area contributed by atoms with Gasteiger partial charge in [0.2, 0.25) is 5.91 Å². The lowest BCUT2D eigenvalue weighted by atomic mass is 9.99. The van der Waals surface area contributed by atoms with Gasteiger partial charge in [-0.1, -0.05) is 12.1 Å². The maximum Gasteiger partial charge on any atom is 0.248 e. The Kier molecular flexibility index (Phi) is 6.82. The van der Waals surface area contributed by atoms with Crippen LogP contribution in [0.15, 0.2) is 65.3 Å². The Bertz CT molecular complexity index is 1430. The van der Waals surface area contributed by atoms with Crippen molar-refractivity contribution >= 4 is 28.1 Å². The Labute approximate surface area is 205 Å². The van der Waals surface area contributed by atoms with Gasteiger partial charge < -0.3 is 23.9 Å². The number of furan rings is 1. The lowest BCUT2D eigenvalue weighted by Crippen LogP contribution is -2.09. The van der Waals surface area contributed by atoms with Gasteiger partial charge in [-0.15, -0.1) is 0 Å². The number of methoxy groups -OCH3 is 3. The van der Waals surface area contributed by atoms with Gasteiger partial charge in [0.15, 0.2) is 11.5 Å². The molecule has 4 aromatic rings. The Morgan fingerprint density at radius 3 is 2.29 bits per heavy atom. The zero-order valence-corrected chi connectivity index (χ0v) is 20.8. The maximum atomic E-state index is 12.8. The fourth-order valence-corrected chi connectivity index (χ4v) is 4.03. The van der Waals surface area contributed by atoms with E-state index < -0.39 is 0 Å². The monoisotopic (exact) mass is 471 g/mol. The van der Waals surface area contributed by atoms with Gasteiger partial charge in [-0.05, 0) is 73.4 Å². The molecular weight excluding hydrogens is 442 g/mol. The number of fused-ring (bicyclic) bond motifs is 1. The Morgan fingerprint density at radius 2 is 1.60 bits per heavy atom. The number of carbonyl (C=O) groups is 1. The summed E-state index contributed by atoms with van der Waals surface area (Å²) in [5.74, 6) is 1.70. The van der Waals surface area contributed by atoms with E-state index in [0.717, 1.165) is 38.9 Å². The van der Waals surface area contributed by atoms with E-state index in [1.54, 1.807) is 33.7 Å². The van der Waals surface area contributed by atoms with Crippen molar-refractivity contribution in [2.75, 3.05) is 26.6 Å². The summed E-state index contributed by atoms with van der Waals surface area (Å²) < 4.78 is 22.3. The highest BCUT2D eigenvalue weighted by atomic mass is 16.5. The van der Waals surface area contributed by atoms with Crippen LogP contribution >= 0.6 is 0 Å². The molecule has 0 aliphatic heterocycles. The van der Waals surface area contributed by atoms with Crippen LogP contribution in [-0.2, 0) is 4.79 Å². The molecular formula is C29H29NO5. The number of aryl methyl sites for hydroxylation is 2. The van der Waals surface area contributed by atoms with Gasteiger partial charge in [0, 0.05) is 34.3 Å². The molecule has 0 saturated carbocycles. The van der Waals surface area contributed by atoms with Crippen molar-refractivity contribution in [2.45, 2.75) is 20.8 Å². The minimum absolute atomic E-state index is 0.208. The van der Waals surface area contributed by atoms with E-state index in [4.69, 9.17) is 18.6 Å². The molecule has 0 unspecified atom stereocenters. The fourth-order valence-electron chi connectivity index (χ4n) is 4.03. The molecule has 0 spiro atoms. The maximum absolute atomic E-state index is 12.8. The number of hydrogen-bond acceptors (Lipinski definition) is 5. The first-order chi connectivity index (χ1) is 16.8. The third kappa shape index (κ3) is 4.87. The summed E-state index contributed by atoms with van der Waals surface area (Å²) in [6.07, 6.45) is 3.29. The van der Waals surface area contributed by atoms with Crippen LogP contribution in [0.3, 0.4) is 0 Å². The van der Waals surface area contributed by atoms with Crippen molar-refractivity contribution in [1.82, 2.24) is 0 Å². The van der Waals surface area contributed by atoms with Gasteiger partial charge >= 0.3 is 0 Å². The average Bonchev–Trinajstić information content (AvgIpc) is 3.27. The minimum atomic E-state index is -0.208. The second kappa shape index (κ2) is 9.97. The third-order valence-corrected chi connectivity index (χ3v) is 6.14. The fraction of sp³-hybridized carbons (Fsp3) is 0.207. The second-order valence-corrected chi connectivity index (χ2v) is 8.38. The van der Waals surface area contributed by atoms with Gasteiger partial charge in [-0.25, -0.2) is 0 Å². The molecule has 180 valence electrons. The molecule has 3 aromatic carbocycles. The van der Waals surface area contributed by atoms with Crippen LogP contribution in [0.1, 0.15) is 23.6 Å². The smallest absolute Gasteiger partial charge is 0.248 e. The number of carbonyl (C=O) groups excluding carboxylic acids is 1. The first kappa shape index (κ1) is 24.0. The lowest BCUT2D eigenvalue weighted by molar-refractivity contribution is -0.111. The average molecular weight is 472 g/mol. The third-order valence-electron chi connectivity index (χ3n) is 6.14. The first-order valence-corrected chi connectivity index (χ1v) is 11.2. The summed E-state index contributed by atoms with van der Waals surface area (Å²) in [6, 6.07) is 15.4. The van der Waals surface area contributed by atoms with Crippen molar-refractivity contribution < 1.29 is 23.4 Å². The molecule has 1 heterocycles. The molecule has 35 heavy (non-hydrogen) atoms. The molecule has 6 heteroatoms. The Balaban J connectivity index is 1.71. The molecule has 1 N–H and O–H groups in total. The number of rotatable bonds is 7. The molecule has 1 aromatic heterocycles. The van der Waals surface area contributed by atoms with Gasteiger partial charge in [0.25, 0.3) is 0 Å². The summed E-state index contributed by atoms with van der Waals surface area (Å²) in [5.41, 5.74) is 7.14. The van der Waals surface area contributed by atoms with Crippen molar-refractivity contribution in [3.63, 3.8) is 0 Å². The van der Waals surface area contributed by atoms with E-state index in [0.29, 0.717) is 22.8 Å². The van der Waals surface area contributed by atoms with Gasteiger partial charge in [-0.2, -0.15) is 0 Å². The van der Waals surface area contributed by atoms with Crippen molar-refractivity contribution in [2.24, 2.45) is 0 Å². The van der Waals surface area contributed by atoms with E-state index >= 15 is 0 Å². The summed E-state index contributed by atoms with van der Waals surface area (Å²) in [5, 5.41) is 3.84. The highest BCUT2D eigenvalue weighted by molar-refractivity contribution is 6.05. The second-order valence-electron chi connectivity index (χ2n) is 8.38. The van der Waals surface area contributed by atoms with Crippen LogP contribution in [-0.4, -0.2) is 27.2 Å². The number of amides is 1. The van der Waals surface area contributed by atoms with Crippen LogP contribution in [0.4, 0.5) is 5.69 Å². The zero-order chi connectivity index (χ0) is 25.1. The molecule has 6 nitrogen and oxygen atoms in total. The van der Waals surface area contributed by atoms with Crippen LogP contribution in [0.5, 0.6) is 17.2 Å². The quantitative estimate of drug-likeness (QED) is 0.301. The standard InChI is InChI=1S/C29H29NO5/c1-17-7-9-21(11-18(17)2)30-29(31)12-19(3)22-14-23-24(16-35-27(23)15-26(22)33-5)20-8-10-25(32-4)28(13-20)34-6/h7-16H,1-6H3,(H,30,31)/b19-12+. The molecule has 0 fully saturated rings. The van der Waals surface area contributed by atoms with Crippen LogP contribution in [0.2, 0.25) is 0 Å². The van der Waals surface area contributed by atoms with Gasteiger partial charge in [0.1, 0.15) is 11.3 Å². The largest absolute Gasteiger partial charge is 0.496 e. The van der Waals surface area contributed by atoms with E-state index in [9.17, 15) is 4.79 Å². The lowest BCUT2D eigenvalue weighted by Gasteiger charge is -2.11.